The van der Waals surface area contributed by atoms with Gasteiger partial charge in [-0.2, -0.15) is 0 Å². The molecule has 0 aliphatic rings. The van der Waals surface area contributed by atoms with Crippen LogP contribution in [-0.4, -0.2) is 0 Å². The second-order valence-corrected chi connectivity index (χ2v) is 13.7. The smallest absolute Gasteiger partial charge is 0.0468 e. The third-order valence-corrected chi connectivity index (χ3v) is 10.6. The molecule has 0 aliphatic heterocycles. The summed E-state index contributed by atoms with van der Waals surface area (Å²) < 4.78 is 0. The molecule has 53 heavy (non-hydrogen) atoms. The SMILES string of the molecule is c1ccc(-c2cc(N(c3ccccc3)c3ccc(-c4ccc5ccccc5c4)cc3)ccc2-c2cccc3c2ccc2c4ccccc4ccc32)cc1. The summed E-state index contributed by atoms with van der Waals surface area (Å²) in [5.74, 6) is 0. The van der Waals surface area contributed by atoms with Gasteiger partial charge in [0.05, 0.1) is 0 Å². The Morgan fingerprint density at radius 3 is 1.62 bits per heavy atom. The van der Waals surface area contributed by atoms with E-state index in [4.69, 9.17) is 0 Å². The quantitative estimate of drug-likeness (QED) is 0.159. The summed E-state index contributed by atoms with van der Waals surface area (Å²) in [6.07, 6.45) is 0. The van der Waals surface area contributed by atoms with Gasteiger partial charge in [0.15, 0.2) is 0 Å². The Balaban J connectivity index is 1.12. The van der Waals surface area contributed by atoms with Crippen LogP contribution in [-0.2, 0) is 0 Å². The van der Waals surface area contributed by atoms with Crippen LogP contribution in [0.1, 0.15) is 0 Å². The largest absolute Gasteiger partial charge is 0.310 e. The lowest BCUT2D eigenvalue weighted by Crippen LogP contribution is -2.10. The molecule has 1 nitrogen and oxygen atoms in total. The molecule has 0 radical (unpaired) electrons. The van der Waals surface area contributed by atoms with E-state index in [1.807, 2.05) is 0 Å². The van der Waals surface area contributed by atoms with Crippen molar-refractivity contribution in [3.63, 3.8) is 0 Å². The zero-order chi connectivity index (χ0) is 35.1. The average Bonchev–Trinajstić information content (AvgIpc) is 3.24. The number of hydrogen-bond donors (Lipinski definition) is 0. The molecule has 0 unspecified atom stereocenters. The van der Waals surface area contributed by atoms with Crippen molar-refractivity contribution in [2.45, 2.75) is 0 Å². The van der Waals surface area contributed by atoms with Gasteiger partial charge in [-0.1, -0.05) is 170 Å². The molecule has 0 aromatic heterocycles. The number of benzene rings is 10. The molecule has 0 atom stereocenters. The van der Waals surface area contributed by atoms with Crippen molar-refractivity contribution in [2.24, 2.45) is 0 Å². The van der Waals surface area contributed by atoms with Gasteiger partial charge in [0.25, 0.3) is 0 Å². The van der Waals surface area contributed by atoms with Gasteiger partial charge in [0, 0.05) is 17.1 Å². The van der Waals surface area contributed by atoms with E-state index in [9.17, 15) is 0 Å². The monoisotopic (exact) mass is 673 g/mol. The number of anilines is 3. The molecule has 0 saturated heterocycles. The van der Waals surface area contributed by atoms with E-state index in [1.165, 1.54) is 76.5 Å². The summed E-state index contributed by atoms with van der Waals surface area (Å²) >= 11 is 0. The number of nitrogens with zero attached hydrogens (tertiary/aromatic N) is 1. The van der Waals surface area contributed by atoms with Crippen LogP contribution in [0.3, 0.4) is 0 Å². The van der Waals surface area contributed by atoms with Gasteiger partial charge in [-0.3, -0.25) is 0 Å². The van der Waals surface area contributed by atoms with E-state index in [0.29, 0.717) is 0 Å². The van der Waals surface area contributed by atoms with E-state index in [0.717, 1.165) is 17.1 Å². The minimum absolute atomic E-state index is 1.11. The number of para-hydroxylation sites is 1. The minimum atomic E-state index is 1.11. The second kappa shape index (κ2) is 13.0. The van der Waals surface area contributed by atoms with Gasteiger partial charge in [-0.05, 0) is 119 Å². The van der Waals surface area contributed by atoms with Crippen LogP contribution in [0.4, 0.5) is 17.1 Å². The van der Waals surface area contributed by atoms with E-state index < -0.39 is 0 Å². The first-order valence-electron chi connectivity index (χ1n) is 18.3. The molecule has 10 rings (SSSR count). The van der Waals surface area contributed by atoms with Gasteiger partial charge in [-0.15, -0.1) is 0 Å². The van der Waals surface area contributed by atoms with Crippen molar-refractivity contribution in [1.82, 2.24) is 0 Å². The van der Waals surface area contributed by atoms with Gasteiger partial charge < -0.3 is 4.90 Å². The molecule has 0 amide bonds. The Morgan fingerprint density at radius 2 is 0.792 bits per heavy atom. The highest BCUT2D eigenvalue weighted by Gasteiger charge is 2.18. The lowest BCUT2D eigenvalue weighted by molar-refractivity contribution is 1.28. The maximum absolute atomic E-state index is 2.36. The summed E-state index contributed by atoms with van der Waals surface area (Å²) in [7, 11) is 0. The van der Waals surface area contributed by atoms with Crippen LogP contribution < -0.4 is 4.90 Å². The topological polar surface area (TPSA) is 3.24 Å². The second-order valence-electron chi connectivity index (χ2n) is 13.7. The number of rotatable bonds is 6. The molecule has 10 aromatic rings. The molecular formula is C52H35N. The van der Waals surface area contributed by atoms with E-state index >= 15 is 0 Å². The molecular weight excluding hydrogens is 639 g/mol. The molecule has 1 heteroatoms. The minimum Gasteiger partial charge on any atom is -0.310 e. The average molecular weight is 674 g/mol. The zero-order valence-corrected chi connectivity index (χ0v) is 29.2. The molecule has 0 bridgehead atoms. The van der Waals surface area contributed by atoms with Crippen molar-refractivity contribution in [1.29, 1.82) is 0 Å². The van der Waals surface area contributed by atoms with Crippen LogP contribution in [0.15, 0.2) is 212 Å². The predicted octanol–water partition coefficient (Wildman–Crippen LogP) is 14.8. The first-order chi connectivity index (χ1) is 26.3. The van der Waals surface area contributed by atoms with Gasteiger partial charge in [0.2, 0.25) is 0 Å². The Morgan fingerprint density at radius 1 is 0.226 bits per heavy atom. The number of hydrogen-bond acceptors (Lipinski definition) is 1. The van der Waals surface area contributed by atoms with Crippen LogP contribution in [0.2, 0.25) is 0 Å². The molecule has 0 saturated carbocycles. The summed E-state index contributed by atoms with van der Waals surface area (Å²) in [4.78, 5) is 2.36. The van der Waals surface area contributed by atoms with Crippen LogP contribution in [0, 0.1) is 0 Å². The lowest BCUT2D eigenvalue weighted by Gasteiger charge is -2.27. The predicted molar refractivity (Wildman–Crippen MR) is 227 cm³/mol. The third kappa shape index (κ3) is 5.51. The summed E-state index contributed by atoms with van der Waals surface area (Å²) in [6, 6.07) is 77.2. The van der Waals surface area contributed by atoms with Crippen molar-refractivity contribution in [3.05, 3.63) is 212 Å². The summed E-state index contributed by atoms with van der Waals surface area (Å²) in [5.41, 5.74) is 10.6. The molecule has 0 N–H and O–H groups in total. The van der Waals surface area contributed by atoms with Gasteiger partial charge in [0.1, 0.15) is 0 Å². The van der Waals surface area contributed by atoms with Crippen molar-refractivity contribution >= 4 is 60.2 Å². The van der Waals surface area contributed by atoms with Gasteiger partial charge >= 0.3 is 0 Å². The third-order valence-electron chi connectivity index (χ3n) is 10.6. The standard InChI is InChI=1S/C52H35N/c1-3-13-38(14-4-1)52-35-44(29-31-51(52)47-21-11-20-46-49-30-26-39-15-9-10-19-45(39)48(49)32-33-50(46)47)53(42-17-5-2-6-18-42)43-27-24-37(25-28-43)41-23-22-36-12-7-8-16-40(36)34-41/h1-35H. The van der Waals surface area contributed by atoms with E-state index in [2.05, 4.69) is 217 Å². The van der Waals surface area contributed by atoms with Crippen LogP contribution >= 0.6 is 0 Å². The highest BCUT2D eigenvalue weighted by molar-refractivity contribution is 6.19. The molecule has 248 valence electrons. The molecule has 10 aromatic carbocycles. The first kappa shape index (κ1) is 30.8. The fourth-order valence-corrected chi connectivity index (χ4v) is 8.05. The molecule has 0 spiro atoms. The lowest BCUT2D eigenvalue weighted by atomic mass is 9.89. The fraction of sp³-hybridized carbons (Fsp3) is 0. The number of fused-ring (bicyclic) bond motifs is 6. The van der Waals surface area contributed by atoms with Gasteiger partial charge in [-0.25, -0.2) is 0 Å². The van der Waals surface area contributed by atoms with E-state index in [-0.39, 0.29) is 0 Å². The Kier molecular flexibility index (Phi) is 7.55. The highest BCUT2D eigenvalue weighted by atomic mass is 15.1. The molecule has 0 aliphatic carbocycles. The highest BCUT2D eigenvalue weighted by Crippen LogP contribution is 2.44. The van der Waals surface area contributed by atoms with Crippen molar-refractivity contribution in [2.75, 3.05) is 4.90 Å². The summed E-state index contributed by atoms with van der Waals surface area (Å²) in [5, 5.41) is 10.2. The zero-order valence-electron chi connectivity index (χ0n) is 29.2. The van der Waals surface area contributed by atoms with Crippen LogP contribution in [0.25, 0.3) is 76.5 Å². The Bertz CT molecular complexity index is 2930. The van der Waals surface area contributed by atoms with E-state index in [1.54, 1.807) is 0 Å². The molecule has 0 heterocycles. The Hall–Kier alpha value is -6.96. The van der Waals surface area contributed by atoms with Crippen molar-refractivity contribution < 1.29 is 0 Å². The maximum atomic E-state index is 2.36. The van der Waals surface area contributed by atoms with Crippen molar-refractivity contribution in [3.8, 4) is 33.4 Å². The fourth-order valence-electron chi connectivity index (χ4n) is 8.05. The Labute approximate surface area is 309 Å². The normalized spacial score (nSPS) is 11.4. The maximum Gasteiger partial charge on any atom is 0.0468 e. The molecule has 0 fully saturated rings. The summed E-state index contributed by atoms with van der Waals surface area (Å²) in [6.45, 7) is 0. The van der Waals surface area contributed by atoms with Crippen LogP contribution in [0.5, 0.6) is 0 Å². The first-order valence-corrected chi connectivity index (χ1v) is 18.3.